The van der Waals surface area contributed by atoms with Gasteiger partial charge in [-0.1, -0.05) is 69.0 Å². The van der Waals surface area contributed by atoms with Gasteiger partial charge in [-0.3, -0.25) is 0 Å². The van der Waals surface area contributed by atoms with E-state index in [1.54, 1.807) is 6.07 Å². The molecule has 174 valence electrons. The van der Waals surface area contributed by atoms with Crippen molar-refractivity contribution >= 4 is 0 Å². The fraction of sp³-hybridized carbons (Fsp3) is 0.357. The van der Waals surface area contributed by atoms with Crippen LogP contribution in [-0.2, 0) is 25.4 Å². The van der Waals surface area contributed by atoms with Gasteiger partial charge >= 0.3 is 6.18 Å². The molecular weight excluding hydrogens is 431 g/mol. The highest BCUT2D eigenvalue weighted by Gasteiger charge is 2.38. The van der Waals surface area contributed by atoms with E-state index in [1.807, 2.05) is 12.1 Å². The first-order chi connectivity index (χ1) is 15.8. The van der Waals surface area contributed by atoms with Gasteiger partial charge in [-0.05, 0) is 76.8 Å². The first-order valence-corrected chi connectivity index (χ1v) is 11.6. The Labute approximate surface area is 191 Å². The normalized spacial score (nSPS) is 13.0. The molecule has 0 heterocycles. The van der Waals surface area contributed by atoms with Crippen LogP contribution in [0.25, 0.3) is 22.3 Å². The zero-order chi connectivity index (χ0) is 23.6. The summed E-state index contributed by atoms with van der Waals surface area (Å²) in [7, 11) is 0. The van der Waals surface area contributed by atoms with E-state index in [9.17, 15) is 22.0 Å². The number of aryl methyl sites for hydroxylation is 3. The van der Waals surface area contributed by atoms with Crippen molar-refractivity contribution in [3.63, 3.8) is 0 Å². The molecule has 0 aliphatic heterocycles. The molecule has 0 unspecified atom stereocenters. The number of unbranched alkanes of at least 4 members (excludes halogenated alkanes) is 4. The molecule has 33 heavy (non-hydrogen) atoms. The average molecular weight is 459 g/mol. The molecule has 1 aliphatic rings. The largest absolute Gasteiger partial charge is 0.422 e. The van der Waals surface area contributed by atoms with E-state index in [4.69, 9.17) is 0 Å². The minimum Gasteiger partial charge on any atom is -0.206 e. The third-order valence-electron chi connectivity index (χ3n) is 6.46. The first-order valence-electron chi connectivity index (χ1n) is 11.6. The molecule has 0 nitrogen and oxygen atoms in total. The topological polar surface area (TPSA) is 0 Å². The second-order valence-corrected chi connectivity index (χ2v) is 8.84. The predicted octanol–water partition coefficient (Wildman–Crippen LogP) is 8.93. The summed E-state index contributed by atoms with van der Waals surface area (Å²) in [6.07, 6.45) is 3.91. The van der Waals surface area contributed by atoms with Crippen LogP contribution in [0, 0.1) is 11.6 Å². The average Bonchev–Trinajstić information content (AvgIpc) is 2.76. The van der Waals surface area contributed by atoms with E-state index in [1.165, 1.54) is 43.2 Å². The molecule has 5 heteroatoms. The van der Waals surface area contributed by atoms with Gasteiger partial charge in [-0.15, -0.1) is 0 Å². The maximum absolute atomic E-state index is 14.1. The molecule has 3 aromatic carbocycles. The Morgan fingerprint density at radius 1 is 0.697 bits per heavy atom. The number of hydrogen-bond donors (Lipinski definition) is 0. The summed E-state index contributed by atoms with van der Waals surface area (Å²) >= 11 is 0. The number of alkyl halides is 3. The Hall–Kier alpha value is -2.69. The Morgan fingerprint density at radius 3 is 1.94 bits per heavy atom. The molecule has 3 aromatic rings. The van der Waals surface area contributed by atoms with Crippen molar-refractivity contribution in [2.45, 2.75) is 64.5 Å². The van der Waals surface area contributed by atoms with Gasteiger partial charge in [0.2, 0.25) is 0 Å². The van der Waals surface area contributed by atoms with Gasteiger partial charge in [0.1, 0.15) is 17.2 Å². The Kier molecular flexibility index (Phi) is 6.87. The quantitative estimate of drug-likeness (QED) is 0.245. The van der Waals surface area contributed by atoms with E-state index in [-0.39, 0.29) is 5.56 Å². The fourth-order valence-electron chi connectivity index (χ4n) is 4.73. The van der Waals surface area contributed by atoms with Crippen molar-refractivity contribution in [3.8, 4) is 22.3 Å². The third-order valence-corrected chi connectivity index (χ3v) is 6.46. The van der Waals surface area contributed by atoms with Crippen molar-refractivity contribution in [1.82, 2.24) is 0 Å². The molecule has 0 radical (unpaired) electrons. The monoisotopic (exact) mass is 458 g/mol. The van der Waals surface area contributed by atoms with Gasteiger partial charge in [-0.25, -0.2) is 8.78 Å². The van der Waals surface area contributed by atoms with Gasteiger partial charge in [-0.2, -0.15) is 13.2 Å². The van der Waals surface area contributed by atoms with Crippen LogP contribution in [0.3, 0.4) is 0 Å². The molecular formula is C28H27F5. The minimum absolute atomic E-state index is 0.102. The maximum Gasteiger partial charge on any atom is 0.422 e. The standard InChI is InChI=1S/C28H27F5/c1-2-3-4-5-6-7-18-8-12-23-20(14-18)9-10-21-15-19(11-13-24(21)23)22-16-25(29)27(26(30)17-22)28(31,32)33/h8,11-17H,2-7,9-10H2,1H3. The molecule has 0 bridgehead atoms. The van der Waals surface area contributed by atoms with Crippen molar-refractivity contribution in [3.05, 3.63) is 82.4 Å². The van der Waals surface area contributed by atoms with Gasteiger partial charge in [0.15, 0.2) is 0 Å². The molecule has 0 saturated carbocycles. The van der Waals surface area contributed by atoms with Crippen LogP contribution in [0.1, 0.15) is 61.3 Å². The Bertz CT molecular complexity index is 1120. The van der Waals surface area contributed by atoms with Crippen LogP contribution in [0.15, 0.2) is 48.5 Å². The number of halogens is 5. The summed E-state index contributed by atoms with van der Waals surface area (Å²) in [6.45, 7) is 2.21. The third kappa shape index (κ3) is 5.13. The second kappa shape index (κ2) is 9.66. The van der Waals surface area contributed by atoms with E-state index < -0.39 is 23.4 Å². The van der Waals surface area contributed by atoms with Crippen molar-refractivity contribution < 1.29 is 22.0 Å². The van der Waals surface area contributed by atoms with Crippen LogP contribution in [0.4, 0.5) is 22.0 Å². The zero-order valence-electron chi connectivity index (χ0n) is 18.7. The van der Waals surface area contributed by atoms with Crippen molar-refractivity contribution in [1.29, 1.82) is 0 Å². The van der Waals surface area contributed by atoms with Gasteiger partial charge in [0.25, 0.3) is 0 Å². The van der Waals surface area contributed by atoms with Crippen molar-refractivity contribution in [2.24, 2.45) is 0 Å². The van der Waals surface area contributed by atoms with Crippen LogP contribution in [0.5, 0.6) is 0 Å². The summed E-state index contributed by atoms with van der Waals surface area (Å²) in [5, 5.41) is 0. The molecule has 0 fully saturated rings. The maximum atomic E-state index is 14.1. The number of fused-ring (bicyclic) bond motifs is 3. The molecule has 0 saturated heterocycles. The SMILES string of the molecule is CCCCCCCc1ccc2c(c1)CCc1cc(-c3cc(F)c(C(F)(F)F)c(F)c3)ccc1-2. The molecule has 0 aromatic heterocycles. The van der Waals surface area contributed by atoms with Gasteiger partial charge in [0, 0.05) is 0 Å². The Morgan fingerprint density at radius 2 is 1.30 bits per heavy atom. The molecule has 0 amide bonds. The molecule has 4 rings (SSSR count). The number of rotatable bonds is 7. The van der Waals surface area contributed by atoms with E-state index in [2.05, 4.69) is 25.1 Å². The second-order valence-electron chi connectivity index (χ2n) is 8.84. The molecule has 1 aliphatic carbocycles. The number of benzene rings is 3. The van der Waals surface area contributed by atoms with E-state index in [0.29, 0.717) is 5.56 Å². The highest BCUT2D eigenvalue weighted by atomic mass is 19.4. The van der Waals surface area contributed by atoms with Gasteiger partial charge < -0.3 is 0 Å². The highest BCUT2D eigenvalue weighted by Crippen LogP contribution is 2.39. The summed E-state index contributed by atoms with van der Waals surface area (Å²) in [5.74, 6) is -3.19. The minimum atomic E-state index is -5.07. The van der Waals surface area contributed by atoms with Crippen molar-refractivity contribution in [2.75, 3.05) is 0 Å². The highest BCUT2D eigenvalue weighted by molar-refractivity contribution is 5.77. The first kappa shape index (κ1) is 23.5. The van der Waals surface area contributed by atoms with Crippen LogP contribution in [-0.4, -0.2) is 0 Å². The number of hydrogen-bond acceptors (Lipinski definition) is 0. The van der Waals surface area contributed by atoms with Crippen LogP contribution >= 0.6 is 0 Å². The summed E-state index contributed by atoms with van der Waals surface area (Å²) < 4.78 is 66.7. The van der Waals surface area contributed by atoms with Crippen LogP contribution in [0.2, 0.25) is 0 Å². The zero-order valence-corrected chi connectivity index (χ0v) is 18.7. The van der Waals surface area contributed by atoms with E-state index >= 15 is 0 Å². The fourth-order valence-corrected chi connectivity index (χ4v) is 4.73. The predicted molar refractivity (Wildman–Crippen MR) is 122 cm³/mol. The molecule has 0 N–H and O–H groups in total. The van der Waals surface area contributed by atoms with Gasteiger partial charge in [0.05, 0.1) is 0 Å². The van der Waals surface area contributed by atoms with E-state index in [0.717, 1.165) is 48.1 Å². The Balaban J connectivity index is 1.57. The summed E-state index contributed by atoms with van der Waals surface area (Å²) in [6, 6.07) is 13.6. The lowest BCUT2D eigenvalue weighted by molar-refractivity contribution is -0.142. The smallest absolute Gasteiger partial charge is 0.206 e. The lowest BCUT2D eigenvalue weighted by Gasteiger charge is -2.22. The lowest BCUT2D eigenvalue weighted by atomic mass is 9.83. The molecule has 0 atom stereocenters. The van der Waals surface area contributed by atoms with Crippen LogP contribution < -0.4 is 0 Å². The lowest BCUT2D eigenvalue weighted by Crippen LogP contribution is -2.11. The summed E-state index contributed by atoms with van der Waals surface area (Å²) in [5.41, 5.74) is 4.67. The summed E-state index contributed by atoms with van der Waals surface area (Å²) in [4.78, 5) is 0. The molecule has 0 spiro atoms.